The Kier molecular flexibility index (Phi) is 7.05. The number of carbonyl (C=O) groups is 1. The third-order valence-electron chi connectivity index (χ3n) is 5.35. The van der Waals surface area contributed by atoms with E-state index >= 15 is 0 Å². The number of hydrogen-bond donors (Lipinski definition) is 0. The number of aromatic nitrogens is 1. The number of fused-ring (bicyclic) bond motifs is 1. The van der Waals surface area contributed by atoms with Gasteiger partial charge in [-0.3, -0.25) is 9.69 Å². The molecular weight excluding hydrogens is 387 g/mol. The van der Waals surface area contributed by atoms with E-state index in [0.29, 0.717) is 25.2 Å². The molecule has 1 aliphatic heterocycles. The van der Waals surface area contributed by atoms with Crippen molar-refractivity contribution in [3.63, 3.8) is 0 Å². The molecule has 0 N–H and O–H groups in total. The molecule has 30 heavy (non-hydrogen) atoms. The molecule has 6 nitrogen and oxygen atoms in total. The van der Waals surface area contributed by atoms with Gasteiger partial charge in [-0.1, -0.05) is 23.8 Å². The van der Waals surface area contributed by atoms with Gasteiger partial charge in [-0.25, -0.2) is 9.18 Å². The van der Waals surface area contributed by atoms with Crippen molar-refractivity contribution in [3.8, 4) is 5.75 Å². The molecule has 0 saturated carbocycles. The number of esters is 1. The number of nitrogens with zero attached hydrogens (tertiary/aromatic N) is 2. The normalized spacial score (nSPS) is 14.7. The monoisotopic (exact) mass is 414 g/mol. The minimum Gasteiger partial charge on any atom is -0.488 e. The minimum atomic E-state index is -0.536. The molecule has 0 unspecified atom stereocenters. The quantitative estimate of drug-likeness (QED) is 0.537. The van der Waals surface area contributed by atoms with E-state index in [9.17, 15) is 14.0 Å². The van der Waals surface area contributed by atoms with Gasteiger partial charge in [-0.05, 0) is 31.5 Å². The summed E-state index contributed by atoms with van der Waals surface area (Å²) >= 11 is 0. The predicted molar refractivity (Wildman–Crippen MR) is 112 cm³/mol. The minimum absolute atomic E-state index is 0.111. The number of pyridine rings is 1. The number of benzene rings is 1. The van der Waals surface area contributed by atoms with E-state index in [1.165, 1.54) is 30.9 Å². The Labute approximate surface area is 175 Å². The molecule has 0 spiro atoms. The molecule has 1 aromatic heterocycles. The molecule has 160 valence electrons. The first kappa shape index (κ1) is 21.8. The average Bonchev–Trinajstić information content (AvgIpc) is 2.96. The first-order valence-corrected chi connectivity index (χ1v) is 9.99. The summed E-state index contributed by atoms with van der Waals surface area (Å²) in [6, 6.07) is 7.22. The number of ether oxygens (including phenoxy) is 2. The van der Waals surface area contributed by atoms with E-state index in [1.807, 2.05) is 6.92 Å². The fourth-order valence-corrected chi connectivity index (χ4v) is 3.57. The van der Waals surface area contributed by atoms with Crippen molar-refractivity contribution >= 4 is 5.97 Å². The second-order valence-corrected chi connectivity index (χ2v) is 7.39. The Morgan fingerprint density at radius 1 is 1.20 bits per heavy atom. The van der Waals surface area contributed by atoms with E-state index in [1.54, 1.807) is 16.7 Å². The van der Waals surface area contributed by atoms with Crippen molar-refractivity contribution in [1.82, 2.24) is 9.47 Å². The zero-order chi connectivity index (χ0) is 21.7. The Morgan fingerprint density at radius 2 is 1.93 bits per heavy atom. The highest BCUT2D eigenvalue weighted by Gasteiger charge is 2.26. The zero-order valence-electron chi connectivity index (χ0n) is 17.6. The molecule has 0 bridgehead atoms. The summed E-state index contributed by atoms with van der Waals surface area (Å²) in [6.07, 6.45) is 2.61. The molecule has 2 heterocycles. The van der Waals surface area contributed by atoms with E-state index in [4.69, 9.17) is 9.47 Å². The van der Waals surface area contributed by atoms with E-state index in [0.717, 1.165) is 18.7 Å². The van der Waals surface area contributed by atoms with Crippen LogP contribution in [0.3, 0.4) is 0 Å². The van der Waals surface area contributed by atoms with Gasteiger partial charge in [0.25, 0.3) is 5.56 Å². The van der Waals surface area contributed by atoms with Crippen LogP contribution in [-0.4, -0.2) is 42.2 Å². The van der Waals surface area contributed by atoms with E-state index < -0.39 is 5.97 Å². The molecule has 2 aromatic rings. The van der Waals surface area contributed by atoms with Crippen LogP contribution in [0.25, 0.3) is 0 Å². The third kappa shape index (κ3) is 4.97. The molecule has 0 saturated heterocycles. The maximum atomic E-state index is 13.1. The van der Waals surface area contributed by atoms with E-state index in [2.05, 4.69) is 17.9 Å². The number of allylic oxidation sites excluding steroid dienone is 1. The molecule has 0 amide bonds. The van der Waals surface area contributed by atoms with Crippen molar-refractivity contribution in [1.29, 1.82) is 0 Å². The number of rotatable bonds is 6. The van der Waals surface area contributed by atoms with Crippen LogP contribution in [0.2, 0.25) is 0 Å². The number of halogens is 1. The van der Waals surface area contributed by atoms with Gasteiger partial charge >= 0.3 is 5.97 Å². The first-order chi connectivity index (χ1) is 14.4. The van der Waals surface area contributed by atoms with Gasteiger partial charge in [-0.2, -0.15) is 0 Å². The zero-order valence-corrected chi connectivity index (χ0v) is 17.6. The average molecular weight is 414 g/mol. The van der Waals surface area contributed by atoms with Crippen LogP contribution in [-0.2, 0) is 24.3 Å². The second kappa shape index (κ2) is 9.71. The lowest BCUT2D eigenvalue weighted by Crippen LogP contribution is -2.30. The molecule has 1 aliphatic rings. The van der Waals surface area contributed by atoms with Crippen LogP contribution in [0.5, 0.6) is 5.75 Å². The van der Waals surface area contributed by atoms with Gasteiger partial charge in [0, 0.05) is 44.4 Å². The SMILES string of the molecule is C/C=C(\C)CN1CCc2c(C(=O)OC)c(OCc3ccc(F)cc3)cc(=O)n2CC1. The third-order valence-corrected chi connectivity index (χ3v) is 5.35. The molecule has 1 aromatic carbocycles. The molecule has 0 fully saturated rings. The van der Waals surface area contributed by atoms with E-state index in [-0.39, 0.29) is 29.3 Å². The van der Waals surface area contributed by atoms with Crippen molar-refractivity contribution in [3.05, 3.63) is 75.0 Å². The Hall–Kier alpha value is -2.93. The van der Waals surface area contributed by atoms with Gasteiger partial charge < -0.3 is 14.0 Å². The molecule has 0 radical (unpaired) electrons. The van der Waals surface area contributed by atoms with Crippen molar-refractivity contribution in [2.45, 2.75) is 33.4 Å². The summed E-state index contributed by atoms with van der Waals surface area (Å²) in [4.78, 5) is 27.7. The molecule has 0 aliphatic carbocycles. The van der Waals surface area contributed by atoms with Gasteiger partial charge in [0.05, 0.1) is 7.11 Å². The lowest BCUT2D eigenvalue weighted by atomic mass is 10.1. The Balaban J connectivity index is 1.92. The fourth-order valence-electron chi connectivity index (χ4n) is 3.57. The highest BCUT2D eigenvalue weighted by molar-refractivity contribution is 5.93. The largest absolute Gasteiger partial charge is 0.488 e. The Morgan fingerprint density at radius 3 is 2.60 bits per heavy atom. The topological polar surface area (TPSA) is 60.8 Å². The first-order valence-electron chi connectivity index (χ1n) is 9.99. The van der Waals surface area contributed by atoms with Crippen LogP contribution in [0.4, 0.5) is 4.39 Å². The van der Waals surface area contributed by atoms with Crippen LogP contribution in [0, 0.1) is 5.82 Å². The van der Waals surface area contributed by atoms with Gasteiger partial charge in [0.2, 0.25) is 0 Å². The summed E-state index contributed by atoms with van der Waals surface area (Å²) in [7, 11) is 1.31. The maximum Gasteiger partial charge on any atom is 0.343 e. The Bertz CT molecular complexity index is 995. The molecule has 3 rings (SSSR count). The number of carbonyl (C=O) groups excluding carboxylic acids is 1. The lowest BCUT2D eigenvalue weighted by Gasteiger charge is -2.19. The number of methoxy groups -OCH3 is 1. The van der Waals surface area contributed by atoms with Crippen LogP contribution in [0.1, 0.15) is 35.5 Å². The fraction of sp³-hybridized carbons (Fsp3) is 0.391. The highest BCUT2D eigenvalue weighted by Crippen LogP contribution is 2.25. The van der Waals surface area contributed by atoms with Crippen molar-refractivity contribution < 1.29 is 18.7 Å². The summed E-state index contributed by atoms with van der Waals surface area (Å²) in [5.41, 5.74) is 2.68. The molecule has 7 heteroatoms. The van der Waals surface area contributed by atoms with Crippen molar-refractivity contribution in [2.75, 3.05) is 26.7 Å². The summed E-state index contributed by atoms with van der Waals surface area (Å²) < 4.78 is 25.6. The maximum absolute atomic E-state index is 13.1. The standard InChI is InChI=1S/C23H27FN2O4/c1-4-16(2)14-25-10-9-19-22(23(28)29-3)20(13-21(27)26(19)12-11-25)30-15-17-5-7-18(24)8-6-17/h4-8,13H,9-12,14-15H2,1-3H3/b16-4+. The van der Waals surface area contributed by atoms with Gasteiger partial charge in [0.15, 0.2) is 0 Å². The van der Waals surface area contributed by atoms with Crippen molar-refractivity contribution in [2.24, 2.45) is 0 Å². The summed E-state index contributed by atoms with van der Waals surface area (Å²) in [5, 5.41) is 0. The molecular formula is C23H27FN2O4. The lowest BCUT2D eigenvalue weighted by molar-refractivity contribution is 0.0592. The van der Waals surface area contributed by atoms with Crippen LogP contribution in [0.15, 0.2) is 46.8 Å². The summed E-state index contributed by atoms with van der Waals surface area (Å²) in [6.45, 7) is 6.94. The van der Waals surface area contributed by atoms with Gasteiger partial charge in [-0.15, -0.1) is 0 Å². The van der Waals surface area contributed by atoms with Crippen LogP contribution >= 0.6 is 0 Å². The van der Waals surface area contributed by atoms with Gasteiger partial charge in [0.1, 0.15) is 23.7 Å². The van der Waals surface area contributed by atoms with Crippen LogP contribution < -0.4 is 10.3 Å². The second-order valence-electron chi connectivity index (χ2n) is 7.39. The highest BCUT2D eigenvalue weighted by atomic mass is 19.1. The smallest absolute Gasteiger partial charge is 0.343 e. The summed E-state index contributed by atoms with van der Waals surface area (Å²) in [5.74, 6) is -0.679. The molecule has 0 atom stereocenters. The predicted octanol–water partition coefficient (Wildman–Crippen LogP) is 3.18. The number of hydrogen-bond acceptors (Lipinski definition) is 5.